The van der Waals surface area contributed by atoms with Gasteiger partial charge in [-0.2, -0.15) is 0 Å². The van der Waals surface area contributed by atoms with E-state index in [-0.39, 0.29) is 17.6 Å². The topological polar surface area (TPSA) is 86.6 Å². The van der Waals surface area contributed by atoms with Gasteiger partial charge >= 0.3 is 6.03 Å². The number of benzene rings is 1. The molecule has 0 aliphatic carbocycles. The summed E-state index contributed by atoms with van der Waals surface area (Å²) in [6.45, 7) is 7.29. The maximum atomic E-state index is 13.9. The number of nitrogens with one attached hydrogen (secondary N) is 3. The van der Waals surface area contributed by atoms with E-state index in [9.17, 15) is 14.0 Å². The molecular formula is C19H25FN4O3. The van der Waals surface area contributed by atoms with Crippen molar-refractivity contribution in [3.05, 3.63) is 48.2 Å². The summed E-state index contributed by atoms with van der Waals surface area (Å²) in [5, 5.41) is 7.77. The second-order valence-corrected chi connectivity index (χ2v) is 5.96. The Morgan fingerprint density at radius 1 is 1.19 bits per heavy atom. The fraction of sp³-hybridized carbons (Fsp3) is 0.368. The summed E-state index contributed by atoms with van der Waals surface area (Å²) < 4.78 is 19.4. The SMILES string of the molecule is CCN(CC)C(CNC(=O)Nc1cc(NC(C)=O)ccc1F)c1ccco1. The minimum absolute atomic E-state index is 0.0175. The minimum Gasteiger partial charge on any atom is -0.468 e. The smallest absolute Gasteiger partial charge is 0.319 e. The van der Waals surface area contributed by atoms with Crippen molar-refractivity contribution in [2.75, 3.05) is 30.3 Å². The van der Waals surface area contributed by atoms with Crippen LogP contribution in [0.1, 0.15) is 32.6 Å². The van der Waals surface area contributed by atoms with E-state index in [4.69, 9.17) is 4.42 Å². The average molecular weight is 376 g/mol. The van der Waals surface area contributed by atoms with Crippen molar-refractivity contribution >= 4 is 23.3 Å². The van der Waals surface area contributed by atoms with Gasteiger partial charge in [0.1, 0.15) is 11.6 Å². The lowest BCUT2D eigenvalue weighted by Gasteiger charge is -2.28. The molecule has 0 spiro atoms. The number of anilines is 2. The predicted octanol–water partition coefficient (Wildman–Crippen LogP) is 3.58. The molecule has 0 saturated heterocycles. The average Bonchev–Trinajstić information content (AvgIpc) is 3.15. The Labute approximate surface area is 157 Å². The van der Waals surface area contributed by atoms with Crippen LogP contribution in [0.15, 0.2) is 41.0 Å². The van der Waals surface area contributed by atoms with Crippen LogP contribution in [0.3, 0.4) is 0 Å². The van der Waals surface area contributed by atoms with Crippen molar-refractivity contribution in [1.82, 2.24) is 10.2 Å². The van der Waals surface area contributed by atoms with Crippen LogP contribution >= 0.6 is 0 Å². The number of rotatable bonds is 8. The fourth-order valence-corrected chi connectivity index (χ4v) is 2.81. The van der Waals surface area contributed by atoms with Crippen molar-refractivity contribution in [3.8, 4) is 0 Å². The van der Waals surface area contributed by atoms with Crippen LogP contribution in [0.25, 0.3) is 0 Å². The molecule has 7 nitrogen and oxygen atoms in total. The lowest BCUT2D eigenvalue weighted by atomic mass is 10.2. The molecule has 1 aromatic carbocycles. The third-order valence-corrected chi connectivity index (χ3v) is 4.12. The maximum Gasteiger partial charge on any atom is 0.319 e. The van der Waals surface area contributed by atoms with Crippen molar-refractivity contribution in [2.24, 2.45) is 0 Å². The summed E-state index contributed by atoms with van der Waals surface area (Å²) in [4.78, 5) is 25.5. The molecule has 146 valence electrons. The van der Waals surface area contributed by atoms with Gasteiger partial charge in [0.15, 0.2) is 0 Å². The van der Waals surface area contributed by atoms with E-state index < -0.39 is 11.8 Å². The standard InChI is InChI=1S/C19H25FN4O3/c1-4-24(5-2)17(18-7-6-10-27-18)12-21-19(26)23-16-11-14(22-13(3)25)8-9-15(16)20/h6-11,17H,4-5,12H2,1-3H3,(H,22,25)(H2,21,23,26). The predicted molar refractivity (Wildman–Crippen MR) is 102 cm³/mol. The van der Waals surface area contributed by atoms with E-state index >= 15 is 0 Å². The molecule has 0 bridgehead atoms. The minimum atomic E-state index is -0.592. The Hall–Kier alpha value is -2.87. The number of likely N-dealkylation sites (N-methyl/N-ethyl adjacent to an activating group) is 1. The Bertz CT molecular complexity index is 760. The molecule has 3 amide bonds. The molecule has 0 fully saturated rings. The van der Waals surface area contributed by atoms with Crippen LogP contribution in [0, 0.1) is 5.82 Å². The zero-order chi connectivity index (χ0) is 19.8. The van der Waals surface area contributed by atoms with Gasteiger partial charge in [0.25, 0.3) is 0 Å². The Balaban J connectivity index is 2.03. The van der Waals surface area contributed by atoms with Gasteiger partial charge in [-0.25, -0.2) is 9.18 Å². The molecule has 0 aliphatic heterocycles. The second-order valence-electron chi connectivity index (χ2n) is 5.96. The number of carbonyl (C=O) groups is 2. The van der Waals surface area contributed by atoms with Crippen molar-refractivity contribution in [2.45, 2.75) is 26.8 Å². The third-order valence-electron chi connectivity index (χ3n) is 4.12. The first-order chi connectivity index (χ1) is 12.9. The number of hydrogen-bond donors (Lipinski definition) is 3. The van der Waals surface area contributed by atoms with Crippen LogP contribution in [-0.4, -0.2) is 36.5 Å². The van der Waals surface area contributed by atoms with Gasteiger partial charge in [0, 0.05) is 19.2 Å². The maximum absolute atomic E-state index is 13.9. The fourth-order valence-electron chi connectivity index (χ4n) is 2.81. The van der Waals surface area contributed by atoms with Crippen LogP contribution in [0.2, 0.25) is 0 Å². The molecule has 0 radical (unpaired) electrons. The normalized spacial score (nSPS) is 11.9. The number of amides is 3. The molecule has 1 heterocycles. The molecular weight excluding hydrogens is 351 g/mol. The molecule has 1 aromatic heterocycles. The first kappa shape index (κ1) is 20.4. The van der Waals surface area contributed by atoms with Crippen molar-refractivity contribution in [1.29, 1.82) is 0 Å². The highest BCUT2D eigenvalue weighted by Gasteiger charge is 2.21. The molecule has 0 saturated carbocycles. The molecule has 1 atom stereocenters. The van der Waals surface area contributed by atoms with Crippen molar-refractivity contribution < 1.29 is 18.4 Å². The van der Waals surface area contributed by atoms with E-state index in [1.165, 1.54) is 25.1 Å². The first-order valence-corrected chi connectivity index (χ1v) is 8.84. The zero-order valence-electron chi connectivity index (χ0n) is 15.7. The van der Waals surface area contributed by atoms with Gasteiger partial charge in [-0.15, -0.1) is 0 Å². The van der Waals surface area contributed by atoms with Crippen LogP contribution in [0.4, 0.5) is 20.6 Å². The van der Waals surface area contributed by atoms with Gasteiger partial charge in [-0.05, 0) is 43.4 Å². The Morgan fingerprint density at radius 3 is 2.52 bits per heavy atom. The summed E-state index contributed by atoms with van der Waals surface area (Å²) in [6.07, 6.45) is 1.59. The van der Waals surface area contributed by atoms with Crippen LogP contribution in [-0.2, 0) is 4.79 Å². The summed E-state index contributed by atoms with van der Waals surface area (Å²) >= 11 is 0. The van der Waals surface area contributed by atoms with E-state index in [1.54, 1.807) is 12.3 Å². The van der Waals surface area contributed by atoms with E-state index in [1.807, 2.05) is 19.9 Å². The quantitative estimate of drug-likeness (QED) is 0.657. The summed E-state index contributed by atoms with van der Waals surface area (Å²) in [6, 6.07) is 6.96. The summed E-state index contributed by atoms with van der Waals surface area (Å²) in [5.74, 6) is -0.124. The number of hydrogen-bond acceptors (Lipinski definition) is 4. The second kappa shape index (κ2) is 9.72. The zero-order valence-corrected chi connectivity index (χ0v) is 15.7. The molecule has 0 aliphatic rings. The molecule has 27 heavy (non-hydrogen) atoms. The third kappa shape index (κ3) is 5.82. The number of nitrogens with zero attached hydrogens (tertiary/aromatic N) is 1. The largest absolute Gasteiger partial charge is 0.468 e. The number of carbonyl (C=O) groups excluding carboxylic acids is 2. The molecule has 2 aromatic rings. The molecule has 1 unspecified atom stereocenters. The highest BCUT2D eigenvalue weighted by atomic mass is 19.1. The summed E-state index contributed by atoms with van der Waals surface area (Å²) in [5.41, 5.74) is 0.381. The van der Waals surface area contributed by atoms with Crippen molar-refractivity contribution in [3.63, 3.8) is 0 Å². The van der Waals surface area contributed by atoms with E-state index in [0.29, 0.717) is 12.2 Å². The summed E-state index contributed by atoms with van der Waals surface area (Å²) in [7, 11) is 0. The molecule has 8 heteroatoms. The van der Waals surface area contributed by atoms with Gasteiger partial charge < -0.3 is 20.4 Å². The van der Waals surface area contributed by atoms with Gasteiger partial charge in [-0.1, -0.05) is 13.8 Å². The Kier molecular flexibility index (Phi) is 7.36. The number of furan rings is 1. The Morgan fingerprint density at radius 2 is 1.93 bits per heavy atom. The number of urea groups is 1. The van der Waals surface area contributed by atoms with Gasteiger partial charge in [0.2, 0.25) is 5.91 Å². The molecule has 3 N–H and O–H groups in total. The van der Waals surface area contributed by atoms with Gasteiger partial charge in [-0.3, -0.25) is 9.69 Å². The van der Waals surface area contributed by atoms with Gasteiger partial charge in [0.05, 0.1) is 18.0 Å². The lowest BCUT2D eigenvalue weighted by molar-refractivity contribution is -0.114. The first-order valence-electron chi connectivity index (χ1n) is 8.84. The van der Waals surface area contributed by atoms with E-state index in [2.05, 4.69) is 20.9 Å². The molecule has 2 rings (SSSR count). The highest BCUT2D eigenvalue weighted by molar-refractivity contribution is 5.92. The van der Waals surface area contributed by atoms with E-state index in [0.717, 1.165) is 18.8 Å². The van der Waals surface area contributed by atoms with Crippen LogP contribution < -0.4 is 16.0 Å². The van der Waals surface area contributed by atoms with Crippen LogP contribution in [0.5, 0.6) is 0 Å². The lowest BCUT2D eigenvalue weighted by Crippen LogP contribution is -2.39. The number of halogens is 1. The highest BCUT2D eigenvalue weighted by Crippen LogP contribution is 2.21. The monoisotopic (exact) mass is 376 g/mol.